The number of fused-ring (bicyclic) bond motifs is 3. The van der Waals surface area contributed by atoms with Crippen molar-refractivity contribution in [2.45, 2.75) is 90.4 Å². The molecule has 14 nitrogen and oxygen atoms in total. The number of benzene rings is 2. The first-order chi connectivity index (χ1) is 27.8. The number of hydrogen-bond acceptors (Lipinski definition) is 7. The fraction of sp³-hybridized carbons (Fsp3) is 0.455. The molecule has 4 atom stereocenters. The van der Waals surface area contributed by atoms with E-state index in [1.54, 1.807) is 11.1 Å². The molecule has 2 aromatic carbocycles. The van der Waals surface area contributed by atoms with Crippen molar-refractivity contribution in [3.8, 4) is 34.4 Å². The Bertz CT molecular complexity index is 2250. The minimum atomic E-state index is -1.13. The van der Waals surface area contributed by atoms with E-state index in [9.17, 15) is 24.3 Å². The van der Waals surface area contributed by atoms with E-state index in [1.165, 1.54) is 19.7 Å². The van der Waals surface area contributed by atoms with Crippen LogP contribution in [-0.4, -0.2) is 103 Å². The average Bonchev–Trinajstić information content (AvgIpc) is 4.05. The van der Waals surface area contributed by atoms with Crippen molar-refractivity contribution in [3.63, 3.8) is 0 Å². The van der Waals surface area contributed by atoms with E-state index >= 15 is 0 Å². The molecule has 4 N–H and O–H groups in total. The van der Waals surface area contributed by atoms with Crippen LogP contribution in [0.1, 0.15) is 99.5 Å². The minimum Gasteiger partial charge on any atom is -0.465 e. The number of amides is 4. The number of imidazole rings is 2. The second-order valence-electron chi connectivity index (χ2n) is 16.1. The Hall–Kier alpha value is -6.10. The number of likely N-dealkylation sites (N-methyl/N-ethyl adjacent to an activating group) is 1. The Morgan fingerprint density at radius 1 is 0.879 bits per heavy atom. The third-order valence-corrected chi connectivity index (χ3v) is 11.6. The number of carboxylic acid groups (broad SMARTS) is 1. The van der Waals surface area contributed by atoms with Crippen LogP contribution < -0.4 is 5.32 Å². The summed E-state index contributed by atoms with van der Waals surface area (Å²) >= 11 is 0. The lowest BCUT2D eigenvalue weighted by molar-refractivity contribution is -0.138. The molecule has 7 rings (SSSR count). The highest BCUT2D eigenvalue weighted by Crippen LogP contribution is 2.38. The van der Waals surface area contributed by atoms with Crippen molar-refractivity contribution in [2.75, 3.05) is 27.2 Å². The smallest absolute Gasteiger partial charge is 0.407 e. The van der Waals surface area contributed by atoms with Crippen molar-refractivity contribution < 1.29 is 29.0 Å². The molecule has 0 spiro atoms. The van der Waals surface area contributed by atoms with Gasteiger partial charge in [0.2, 0.25) is 11.8 Å². The molecular weight excluding hydrogens is 737 g/mol. The summed E-state index contributed by atoms with van der Waals surface area (Å²) in [4.78, 5) is 72.4. The van der Waals surface area contributed by atoms with Crippen LogP contribution in [0, 0.1) is 23.7 Å². The molecule has 0 bridgehead atoms. The molecule has 2 aromatic heterocycles. The van der Waals surface area contributed by atoms with Gasteiger partial charge in [0.05, 0.1) is 36.8 Å². The molecule has 58 heavy (non-hydrogen) atoms. The first-order valence-electron chi connectivity index (χ1n) is 20.1. The van der Waals surface area contributed by atoms with E-state index in [1.807, 2.05) is 62.9 Å². The van der Waals surface area contributed by atoms with Crippen molar-refractivity contribution >= 4 is 24.0 Å². The van der Waals surface area contributed by atoms with Crippen LogP contribution in [0.4, 0.5) is 9.59 Å². The fourth-order valence-electron chi connectivity index (χ4n) is 8.58. The van der Waals surface area contributed by atoms with Crippen molar-refractivity contribution in [1.29, 1.82) is 0 Å². The Morgan fingerprint density at radius 3 is 2.19 bits per heavy atom. The van der Waals surface area contributed by atoms with Gasteiger partial charge in [0.1, 0.15) is 23.7 Å². The number of methoxy groups -OCH3 is 1. The van der Waals surface area contributed by atoms with Crippen LogP contribution in [-0.2, 0) is 27.2 Å². The van der Waals surface area contributed by atoms with E-state index in [2.05, 4.69) is 44.2 Å². The predicted octanol–water partition coefficient (Wildman–Crippen LogP) is 6.31. The zero-order valence-corrected chi connectivity index (χ0v) is 34.0. The number of alkyl carbamates (subject to hydrolysis) is 1. The second kappa shape index (κ2) is 16.8. The van der Waals surface area contributed by atoms with Gasteiger partial charge >= 0.3 is 12.2 Å². The van der Waals surface area contributed by atoms with Gasteiger partial charge < -0.3 is 34.9 Å². The number of aromatic amines is 2. The molecule has 2 saturated heterocycles. The molecule has 14 heteroatoms. The van der Waals surface area contributed by atoms with Gasteiger partial charge in [-0.05, 0) is 85.8 Å². The van der Waals surface area contributed by atoms with Gasteiger partial charge in [-0.25, -0.2) is 19.6 Å². The van der Waals surface area contributed by atoms with Gasteiger partial charge in [-0.1, -0.05) is 57.7 Å². The lowest BCUT2D eigenvalue weighted by atomic mass is 9.91. The van der Waals surface area contributed by atoms with E-state index in [0.29, 0.717) is 18.9 Å². The molecule has 4 amide bonds. The number of carbonyl (C=O) groups excluding carboxylic acids is 3. The summed E-state index contributed by atoms with van der Waals surface area (Å²) in [5.41, 5.74) is 7.78. The van der Waals surface area contributed by atoms with Crippen LogP contribution in [0.15, 0.2) is 48.7 Å². The molecule has 0 unspecified atom stereocenters. The lowest BCUT2D eigenvalue weighted by Gasteiger charge is -2.33. The van der Waals surface area contributed by atoms with E-state index < -0.39 is 24.3 Å². The average molecular weight is 789 g/mol. The number of nitrogens with one attached hydrogen (secondary N) is 3. The van der Waals surface area contributed by atoms with Crippen molar-refractivity contribution in [2.24, 2.45) is 11.8 Å². The van der Waals surface area contributed by atoms with Gasteiger partial charge in [0.25, 0.3) is 0 Å². The minimum absolute atomic E-state index is 0.104. The van der Waals surface area contributed by atoms with Crippen LogP contribution in [0.25, 0.3) is 22.5 Å². The molecule has 2 fully saturated rings. The Balaban J connectivity index is 1.02. The first-order valence-corrected chi connectivity index (χ1v) is 20.1. The maximum Gasteiger partial charge on any atom is 0.407 e. The van der Waals surface area contributed by atoms with Crippen LogP contribution in [0.3, 0.4) is 0 Å². The number of aryl methyl sites for hydroxylation is 2. The van der Waals surface area contributed by atoms with Crippen LogP contribution >= 0.6 is 0 Å². The quantitative estimate of drug-likeness (QED) is 0.143. The molecule has 4 heterocycles. The summed E-state index contributed by atoms with van der Waals surface area (Å²) in [7, 11) is 2.74. The van der Waals surface area contributed by atoms with Crippen LogP contribution in [0.2, 0.25) is 0 Å². The Kier molecular flexibility index (Phi) is 11.6. The summed E-state index contributed by atoms with van der Waals surface area (Å²) < 4.78 is 4.78. The number of H-pyrrole nitrogens is 2. The Labute approximate surface area is 338 Å². The highest BCUT2D eigenvalue weighted by Gasteiger charge is 2.40. The zero-order valence-electron chi connectivity index (χ0n) is 34.0. The molecule has 304 valence electrons. The standard InChI is InChI=1S/C44H52N8O6/c1-25(2)36(49-43(55)58-6)41(53)51-21-8-10-35(51)40-46-32-20-18-30-23-28(15-19-31(30)37(32)48-40)12-11-27-13-16-29(17-14-27)33-24-45-39(47-33)34-9-7-22-52(34)42(54)38(26(3)4)50(5)44(56)57/h13-17,19,23-26,34-36,38H,7-10,18,20-22H2,1-6H3,(H,45,47)(H,46,48)(H,49,55)(H,56,57)/t34-,35-,36-,38-/m0/s1. The molecular formula is C44H52N8O6. The number of hydrogen-bond donors (Lipinski definition) is 4. The SMILES string of the molecule is COC(=O)N[C@H](C(=O)N1CCC[C@H]1c1nc2c([nH]1)CCc1cc(C#Cc3ccc(-c4cnc([C@@H]5CCCN5C(=O)[C@H](C(C)C)N(C)C(=O)O)[nH]4)cc3)ccc1-2)C(C)C. The van der Waals surface area contributed by atoms with E-state index in [-0.39, 0.29) is 35.7 Å². The largest absolute Gasteiger partial charge is 0.465 e. The predicted molar refractivity (Wildman–Crippen MR) is 217 cm³/mol. The summed E-state index contributed by atoms with van der Waals surface area (Å²) in [5.74, 6) is 7.49. The van der Waals surface area contributed by atoms with Gasteiger partial charge in [-0.15, -0.1) is 0 Å². The zero-order chi connectivity index (χ0) is 41.2. The summed E-state index contributed by atoms with van der Waals surface area (Å²) in [5, 5.41) is 12.3. The maximum atomic E-state index is 13.7. The fourth-order valence-corrected chi connectivity index (χ4v) is 8.58. The third-order valence-electron chi connectivity index (χ3n) is 11.6. The summed E-state index contributed by atoms with van der Waals surface area (Å²) in [6, 6.07) is 12.3. The highest BCUT2D eigenvalue weighted by molar-refractivity contribution is 5.87. The monoisotopic (exact) mass is 788 g/mol. The molecule has 3 aliphatic rings. The molecule has 1 aliphatic carbocycles. The first kappa shape index (κ1) is 40.1. The van der Waals surface area contributed by atoms with E-state index in [0.717, 1.165) is 88.6 Å². The molecule has 2 aliphatic heterocycles. The van der Waals surface area contributed by atoms with Gasteiger partial charge in [-0.3, -0.25) is 14.5 Å². The number of rotatable bonds is 9. The molecule has 4 aromatic rings. The normalized spacial score (nSPS) is 18.3. The number of aromatic nitrogens is 4. The Morgan fingerprint density at radius 2 is 1.53 bits per heavy atom. The second-order valence-corrected chi connectivity index (χ2v) is 16.1. The molecule has 0 radical (unpaired) electrons. The number of ether oxygens (including phenoxy) is 1. The maximum absolute atomic E-state index is 13.7. The summed E-state index contributed by atoms with van der Waals surface area (Å²) in [6.45, 7) is 8.70. The van der Waals surface area contributed by atoms with Crippen LogP contribution in [0.5, 0.6) is 0 Å². The number of carbonyl (C=O) groups is 4. The van der Waals surface area contributed by atoms with Crippen molar-refractivity contribution in [3.05, 3.63) is 82.7 Å². The van der Waals surface area contributed by atoms with Gasteiger partial charge in [0, 0.05) is 42.5 Å². The topological polar surface area (TPSA) is 177 Å². The number of nitrogens with zero attached hydrogens (tertiary/aromatic N) is 5. The molecule has 0 saturated carbocycles. The lowest BCUT2D eigenvalue weighted by Crippen LogP contribution is -2.51. The number of likely N-dealkylation sites (tertiary alicyclic amines) is 2. The van der Waals surface area contributed by atoms with Gasteiger partial charge in [0.15, 0.2) is 0 Å². The van der Waals surface area contributed by atoms with Crippen molar-refractivity contribution in [1.82, 2.24) is 40.0 Å². The van der Waals surface area contributed by atoms with E-state index in [4.69, 9.17) is 9.72 Å². The third kappa shape index (κ3) is 8.03. The van der Waals surface area contributed by atoms with Gasteiger partial charge in [-0.2, -0.15) is 0 Å². The highest BCUT2D eigenvalue weighted by atomic mass is 16.5. The summed E-state index contributed by atoms with van der Waals surface area (Å²) in [6.07, 6.45) is 4.90.